The van der Waals surface area contributed by atoms with Crippen LogP contribution in [0.2, 0.25) is 5.02 Å². The second-order valence-corrected chi connectivity index (χ2v) is 6.10. The van der Waals surface area contributed by atoms with Crippen molar-refractivity contribution >= 4 is 23.2 Å². The van der Waals surface area contributed by atoms with Gasteiger partial charge >= 0.3 is 0 Å². The van der Waals surface area contributed by atoms with E-state index in [0.29, 0.717) is 16.4 Å². The SMILES string of the molecule is Cc1ccc(-n2nnc(C(=O)Nc3ccc(C)c(Cl)c3)c2C)cc1. The number of hydrogen-bond acceptors (Lipinski definition) is 3. The van der Waals surface area contributed by atoms with Gasteiger partial charge in [0.2, 0.25) is 0 Å². The van der Waals surface area contributed by atoms with Crippen molar-refractivity contribution in [1.82, 2.24) is 15.0 Å². The number of carbonyl (C=O) groups excluding carboxylic acids is 1. The van der Waals surface area contributed by atoms with Crippen molar-refractivity contribution in [2.45, 2.75) is 20.8 Å². The maximum absolute atomic E-state index is 12.5. The van der Waals surface area contributed by atoms with E-state index in [4.69, 9.17) is 11.6 Å². The van der Waals surface area contributed by atoms with Gasteiger partial charge in [0.05, 0.1) is 11.4 Å². The molecule has 1 N–H and O–H groups in total. The molecule has 3 rings (SSSR count). The zero-order chi connectivity index (χ0) is 17.3. The minimum atomic E-state index is -0.314. The number of nitrogens with zero attached hydrogens (tertiary/aromatic N) is 3. The van der Waals surface area contributed by atoms with E-state index < -0.39 is 0 Å². The number of rotatable bonds is 3. The molecule has 6 heteroatoms. The van der Waals surface area contributed by atoms with Crippen LogP contribution in [0.4, 0.5) is 5.69 Å². The van der Waals surface area contributed by atoms with Gasteiger partial charge in [-0.3, -0.25) is 4.79 Å². The van der Waals surface area contributed by atoms with Crippen LogP contribution in [0.25, 0.3) is 5.69 Å². The number of hydrogen-bond donors (Lipinski definition) is 1. The largest absolute Gasteiger partial charge is 0.320 e. The van der Waals surface area contributed by atoms with Gasteiger partial charge < -0.3 is 5.32 Å². The van der Waals surface area contributed by atoms with Crippen LogP contribution in [-0.4, -0.2) is 20.9 Å². The number of carbonyl (C=O) groups is 1. The maximum Gasteiger partial charge on any atom is 0.278 e. The van der Waals surface area contributed by atoms with E-state index in [0.717, 1.165) is 16.8 Å². The molecule has 0 saturated carbocycles. The van der Waals surface area contributed by atoms with E-state index in [-0.39, 0.29) is 11.6 Å². The average Bonchev–Trinajstić information content (AvgIpc) is 2.93. The van der Waals surface area contributed by atoms with Gasteiger partial charge in [0, 0.05) is 10.7 Å². The van der Waals surface area contributed by atoms with E-state index in [1.807, 2.05) is 51.1 Å². The van der Waals surface area contributed by atoms with E-state index in [2.05, 4.69) is 15.6 Å². The number of halogens is 1. The van der Waals surface area contributed by atoms with Gasteiger partial charge in [-0.25, -0.2) is 4.68 Å². The summed E-state index contributed by atoms with van der Waals surface area (Å²) in [7, 11) is 0. The fourth-order valence-corrected chi connectivity index (χ4v) is 2.51. The average molecular weight is 341 g/mol. The molecule has 24 heavy (non-hydrogen) atoms. The molecule has 0 aliphatic rings. The Morgan fingerprint density at radius 3 is 2.46 bits per heavy atom. The van der Waals surface area contributed by atoms with Crippen LogP contribution in [0.5, 0.6) is 0 Å². The molecule has 122 valence electrons. The van der Waals surface area contributed by atoms with Gasteiger partial charge in [0.15, 0.2) is 5.69 Å². The van der Waals surface area contributed by atoms with Crippen LogP contribution in [0.1, 0.15) is 27.3 Å². The Labute approximate surface area is 145 Å². The Kier molecular flexibility index (Phi) is 4.36. The summed E-state index contributed by atoms with van der Waals surface area (Å²) >= 11 is 6.09. The van der Waals surface area contributed by atoms with Gasteiger partial charge in [-0.05, 0) is 50.6 Å². The Bertz CT molecular complexity index is 900. The highest BCUT2D eigenvalue weighted by Gasteiger charge is 2.17. The molecule has 5 nitrogen and oxygen atoms in total. The minimum Gasteiger partial charge on any atom is -0.320 e. The summed E-state index contributed by atoms with van der Waals surface area (Å²) in [6.45, 7) is 5.74. The highest BCUT2D eigenvalue weighted by Crippen LogP contribution is 2.21. The van der Waals surface area contributed by atoms with Crippen LogP contribution in [0.15, 0.2) is 42.5 Å². The molecular weight excluding hydrogens is 324 g/mol. The summed E-state index contributed by atoms with van der Waals surface area (Å²) in [5.41, 5.74) is 4.56. The van der Waals surface area contributed by atoms with Gasteiger partial charge in [-0.15, -0.1) is 5.10 Å². The predicted octanol–water partition coefficient (Wildman–Crippen LogP) is 4.10. The third kappa shape index (κ3) is 3.16. The van der Waals surface area contributed by atoms with Gasteiger partial charge in [0.1, 0.15) is 0 Å². The monoisotopic (exact) mass is 340 g/mol. The third-order valence-corrected chi connectivity index (χ3v) is 4.23. The van der Waals surface area contributed by atoms with Crippen LogP contribution in [0.3, 0.4) is 0 Å². The Hall–Kier alpha value is -2.66. The Morgan fingerprint density at radius 2 is 1.79 bits per heavy atom. The molecule has 2 aromatic carbocycles. The maximum atomic E-state index is 12.5. The summed E-state index contributed by atoms with van der Waals surface area (Å²) < 4.78 is 1.65. The van der Waals surface area contributed by atoms with Crippen molar-refractivity contribution in [2.24, 2.45) is 0 Å². The smallest absolute Gasteiger partial charge is 0.278 e. The summed E-state index contributed by atoms with van der Waals surface area (Å²) in [5, 5.41) is 11.5. The first-order valence-corrected chi connectivity index (χ1v) is 7.90. The third-order valence-electron chi connectivity index (χ3n) is 3.82. The molecule has 0 unspecified atom stereocenters. The second-order valence-electron chi connectivity index (χ2n) is 5.69. The molecule has 0 spiro atoms. The van der Waals surface area contributed by atoms with Gasteiger partial charge in [0.25, 0.3) is 5.91 Å². The number of aryl methyl sites for hydroxylation is 2. The van der Waals surface area contributed by atoms with Crippen molar-refractivity contribution in [3.8, 4) is 5.69 Å². The van der Waals surface area contributed by atoms with Crippen molar-refractivity contribution in [3.63, 3.8) is 0 Å². The first-order chi connectivity index (χ1) is 11.5. The molecule has 0 fully saturated rings. The minimum absolute atomic E-state index is 0.285. The summed E-state index contributed by atoms with van der Waals surface area (Å²) in [6.07, 6.45) is 0. The van der Waals surface area contributed by atoms with E-state index in [1.165, 1.54) is 0 Å². The summed E-state index contributed by atoms with van der Waals surface area (Å²) in [4.78, 5) is 12.5. The highest BCUT2D eigenvalue weighted by atomic mass is 35.5. The van der Waals surface area contributed by atoms with Crippen molar-refractivity contribution in [2.75, 3.05) is 5.32 Å². The Balaban J connectivity index is 1.85. The van der Waals surface area contributed by atoms with E-state index >= 15 is 0 Å². The van der Waals surface area contributed by atoms with Crippen LogP contribution < -0.4 is 5.32 Å². The predicted molar refractivity (Wildman–Crippen MR) is 95.0 cm³/mol. The van der Waals surface area contributed by atoms with Crippen LogP contribution in [-0.2, 0) is 0 Å². The molecule has 1 aromatic heterocycles. The molecule has 0 bridgehead atoms. The standard InChI is InChI=1S/C18H17ClN4O/c1-11-4-8-15(9-5-11)23-13(3)17(21-22-23)18(24)20-14-7-6-12(2)16(19)10-14/h4-10H,1-3H3,(H,20,24). The summed E-state index contributed by atoms with van der Waals surface area (Å²) in [6, 6.07) is 13.2. The molecule has 0 atom stereocenters. The normalized spacial score (nSPS) is 10.7. The first kappa shape index (κ1) is 16.2. The molecule has 3 aromatic rings. The molecule has 0 aliphatic carbocycles. The lowest BCUT2D eigenvalue weighted by Crippen LogP contribution is -2.14. The number of nitrogens with one attached hydrogen (secondary N) is 1. The first-order valence-electron chi connectivity index (χ1n) is 7.52. The quantitative estimate of drug-likeness (QED) is 0.781. The highest BCUT2D eigenvalue weighted by molar-refractivity contribution is 6.31. The molecule has 1 heterocycles. The molecule has 0 saturated heterocycles. The van der Waals surface area contributed by atoms with Crippen LogP contribution in [0, 0.1) is 20.8 Å². The number of benzene rings is 2. The molecule has 0 aliphatic heterocycles. The van der Waals surface area contributed by atoms with Gasteiger partial charge in [-0.2, -0.15) is 0 Å². The van der Waals surface area contributed by atoms with Crippen molar-refractivity contribution in [1.29, 1.82) is 0 Å². The molecule has 0 radical (unpaired) electrons. The number of anilines is 1. The summed E-state index contributed by atoms with van der Waals surface area (Å²) in [5.74, 6) is -0.314. The lowest BCUT2D eigenvalue weighted by molar-refractivity contribution is 0.102. The number of aromatic nitrogens is 3. The zero-order valence-corrected chi connectivity index (χ0v) is 14.4. The lowest BCUT2D eigenvalue weighted by Gasteiger charge is -2.06. The Morgan fingerprint density at radius 1 is 1.08 bits per heavy atom. The molecule has 1 amide bonds. The fourth-order valence-electron chi connectivity index (χ4n) is 2.33. The van der Waals surface area contributed by atoms with Crippen molar-refractivity contribution in [3.05, 3.63) is 70.0 Å². The fraction of sp³-hybridized carbons (Fsp3) is 0.167. The van der Waals surface area contributed by atoms with E-state index in [9.17, 15) is 4.79 Å². The van der Waals surface area contributed by atoms with E-state index in [1.54, 1.807) is 16.8 Å². The zero-order valence-electron chi connectivity index (χ0n) is 13.7. The van der Waals surface area contributed by atoms with Crippen LogP contribution >= 0.6 is 11.6 Å². The topological polar surface area (TPSA) is 59.8 Å². The number of amides is 1. The van der Waals surface area contributed by atoms with Crippen molar-refractivity contribution < 1.29 is 4.79 Å². The second kappa shape index (κ2) is 6.45. The van der Waals surface area contributed by atoms with Gasteiger partial charge in [-0.1, -0.05) is 40.6 Å². The lowest BCUT2D eigenvalue weighted by atomic mass is 10.2. The molecular formula is C18H17ClN4O.